The van der Waals surface area contributed by atoms with Crippen molar-refractivity contribution < 1.29 is 13.2 Å². The van der Waals surface area contributed by atoms with Gasteiger partial charge in [0.15, 0.2) is 0 Å². The van der Waals surface area contributed by atoms with Crippen LogP contribution in [0.4, 0.5) is 0 Å². The van der Waals surface area contributed by atoms with Gasteiger partial charge in [-0.25, -0.2) is 8.42 Å². The van der Waals surface area contributed by atoms with Crippen molar-refractivity contribution in [1.82, 2.24) is 4.31 Å². The third kappa shape index (κ3) is 3.33. The molecule has 0 unspecified atom stereocenters. The summed E-state index contributed by atoms with van der Waals surface area (Å²) in [6.07, 6.45) is 1.09. The molecule has 1 fully saturated rings. The lowest BCUT2D eigenvalue weighted by atomic mass is 9.94. The van der Waals surface area contributed by atoms with Crippen LogP contribution in [-0.4, -0.2) is 32.4 Å². The molecule has 0 saturated carbocycles. The van der Waals surface area contributed by atoms with Crippen LogP contribution >= 0.6 is 0 Å². The fourth-order valence-electron chi connectivity index (χ4n) is 2.83. The predicted octanol–water partition coefficient (Wildman–Crippen LogP) is 2.75. The third-order valence-corrected chi connectivity index (χ3v) is 5.45. The molecule has 1 aliphatic heterocycles. The number of nitrogens with zero attached hydrogens (tertiary/aromatic N) is 1. The number of piperidine rings is 1. The summed E-state index contributed by atoms with van der Waals surface area (Å²) in [6.45, 7) is 7.92. The maximum absolute atomic E-state index is 12.6. The van der Waals surface area contributed by atoms with Gasteiger partial charge in [0.25, 0.3) is 0 Å². The van der Waals surface area contributed by atoms with Gasteiger partial charge in [0.1, 0.15) is 5.75 Å². The lowest BCUT2D eigenvalue weighted by Crippen LogP contribution is -2.42. The van der Waals surface area contributed by atoms with Crippen molar-refractivity contribution in [3.8, 4) is 5.75 Å². The molecule has 0 bridgehead atoms. The van der Waals surface area contributed by atoms with E-state index in [1.165, 1.54) is 0 Å². The first-order chi connectivity index (χ1) is 9.43. The average molecular weight is 297 g/mol. The molecule has 1 heterocycles. The molecular formula is C15H23NO3S. The number of hydrogen-bond acceptors (Lipinski definition) is 3. The van der Waals surface area contributed by atoms with E-state index >= 15 is 0 Å². The van der Waals surface area contributed by atoms with E-state index in [2.05, 4.69) is 13.8 Å². The van der Waals surface area contributed by atoms with Crippen molar-refractivity contribution in [1.29, 1.82) is 0 Å². The van der Waals surface area contributed by atoms with E-state index < -0.39 is 10.0 Å². The zero-order valence-electron chi connectivity index (χ0n) is 12.4. The Balaban J connectivity index is 2.21. The summed E-state index contributed by atoms with van der Waals surface area (Å²) in [4.78, 5) is 0.349. The first kappa shape index (κ1) is 15.3. The summed E-state index contributed by atoms with van der Waals surface area (Å²) in [5.74, 6) is 1.53. The first-order valence-corrected chi connectivity index (χ1v) is 8.60. The minimum atomic E-state index is -3.38. The van der Waals surface area contributed by atoms with E-state index in [0.717, 1.165) is 6.42 Å². The van der Waals surface area contributed by atoms with E-state index in [-0.39, 0.29) is 0 Å². The summed E-state index contributed by atoms with van der Waals surface area (Å²) < 4.78 is 32.2. The highest BCUT2D eigenvalue weighted by atomic mass is 32.2. The molecule has 1 aliphatic rings. The van der Waals surface area contributed by atoms with Gasteiger partial charge in [-0.2, -0.15) is 4.31 Å². The van der Waals surface area contributed by atoms with E-state index in [1.54, 1.807) is 28.6 Å². The van der Waals surface area contributed by atoms with Crippen LogP contribution in [0.3, 0.4) is 0 Å². The topological polar surface area (TPSA) is 46.6 Å². The Labute approximate surface area is 121 Å². The molecule has 0 spiro atoms. The highest BCUT2D eigenvalue weighted by Crippen LogP contribution is 2.27. The fourth-order valence-corrected chi connectivity index (χ4v) is 4.51. The van der Waals surface area contributed by atoms with Crippen LogP contribution in [-0.2, 0) is 10.0 Å². The van der Waals surface area contributed by atoms with Crippen LogP contribution in [0.2, 0.25) is 0 Å². The van der Waals surface area contributed by atoms with E-state index in [4.69, 9.17) is 4.74 Å². The molecule has 20 heavy (non-hydrogen) atoms. The minimum absolute atomic E-state index is 0.349. The minimum Gasteiger partial charge on any atom is -0.494 e. The number of hydrogen-bond donors (Lipinski definition) is 0. The number of ether oxygens (including phenoxy) is 1. The van der Waals surface area contributed by atoms with Crippen LogP contribution < -0.4 is 4.74 Å². The second kappa shape index (κ2) is 6.14. The van der Waals surface area contributed by atoms with Crippen LogP contribution in [0.5, 0.6) is 5.75 Å². The van der Waals surface area contributed by atoms with Crippen molar-refractivity contribution in [3.05, 3.63) is 24.3 Å². The van der Waals surface area contributed by atoms with Gasteiger partial charge in [-0.3, -0.25) is 0 Å². The zero-order chi connectivity index (χ0) is 14.8. The van der Waals surface area contributed by atoms with Crippen LogP contribution in [0.1, 0.15) is 27.2 Å². The molecular weight excluding hydrogens is 274 g/mol. The molecule has 4 nitrogen and oxygen atoms in total. The molecule has 1 saturated heterocycles. The normalized spacial score (nSPS) is 24.6. The molecule has 112 valence electrons. The van der Waals surface area contributed by atoms with Crippen LogP contribution in [0.15, 0.2) is 29.2 Å². The van der Waals surface area contributed by atoms with E-state index in [0.29, 0.717) is 42.2 Å². The molecule has 1 aromatic carbocycles. The Hall–Kier alpha value is -1.07. The van der Waals surface area contributed by atoms with Crippen molar-refractivity contribution in [2.45, 2.75) is 32.1 Å². The zero-order valence-corrected chi connectivity index (χ0v) is 13.2. The number of rotatable bonds is 4. The SMILES string of the molecule is CCOc1ccc(S(=O)(=O)N2C[C@@H](C)C[C@H](C)C2)cc1. The molecule has 0 N–H and O–H groups in total. The van der Waals surface area contributed by atoms with Gasteiger partial charge < -0.3 is 4.74 Å². The van der Waals surface area contributed by atoms with Crippen LogP contribution in [0.25, 0.3) is 0 Å². The van der Waals surface area contributed by atoms with E-state index in [9.17, 15) is 8.42 Å². The van der Waals surface area contributed by atoms with Crippen molar-refractivity contribution in [2.75, 3.05) is 19.7 Å². The second-order valence-corrected chi connectivity index (χ2v) is 7.61. The quantitative estimate of drug-likeness (QED) is 0.858. The molecule has 0 radical (unpaired) electrons. The summed E-state index contributed by atoms with van der Waals surface area (Å²) in [5, 5.41) is 0. The Morgan fingerprint density at radius 3 is 2.20 bits per heavy atom. The third-order valence-electron chi connectivity index (χ3n) is 3.61. The maximum atomic E-state index is 12.6. The van der Waals surface area contributed by atoms with Gasteiger partial charge in [0.2, 0.25) is 10.0 Å². The Kier molecular flexibility index (Phi) is 4.70. The van der Waals surface area contributed by atoms with E-state index in [1.807, 2.05) is 6.92 Å². The molecule has 1 aromatic rings. The van der Waals surface area contributed by atoms with Gasteiger partial charge in [-0.05, 0) is 49.4 Å². The summed E-state index contributed by atoms with van der Waals surface area (Å²) >= 11 is 0. The lowest BCUT2D eigenvalue weighted by Gasteiger charge is -2.34. The van der Waals surface area contributed by atoms with Gasteiger partial charge in [-0.1, -0.05) is 13.8 Å². The summed E-state index contributed by atoms with van der Waals surface area (Å²) in [7, 11) is -3.38. The highest BCUT2D eigenvalue weighted by Gasteiger charge is 2.31. The van der Waals surface area contributed by atoms with Gasteiger partial charge >= 0.3 is 0 Å². The maximum Gasteiger partial charge on any atom is 0.243 e. The predicted molar refractivity (Wildman–Crippen MR) is 79.3 cm³/mol. The molecule has 0 aromatic heterocycles. The lowest BCUT2D eigenvalue weighted by molar-refractivity contribution is 0.222. The number of benzene rings is 1. The second-order valence-electron chi connectivity index (χ2n) is 5.67. The average Bonchev–Trinajstić information content (AvgIpc) is 2.38. The van der Waals surface area contributed by atoms with Crippen molar-refractivity contribution in [3.63, 3.8) is 0 Å². The highest BCUT2D eigenvalue weighted by molar-refractivity contribution is 7.89. The Morgan fingerprint density at radius 1 is 1.15 bits per heavy atom. The fraction of sp³-hybridized carbons (Fsp3) is 0.600. The summed E-state index contributed by atoms with van der Waals surface area (Å²) in [5.41, 5.74) is 0. The molecule has 5 heteroatoms. The number of sulfonamides is 1. The summed E-state index contributed by atoms with van der Waals surface area (Å²) in [6, 6.07) is 6.69. The van der Waals surface area contributed by atoms with Crippen molar-refractivity contribution in [2.24, 2.45) is 11.8 Å². The van der Waals surface area contributed by atoms with Crippen LogP contribution in [0, 0.1) is 11.8 Å². The smallest absolute Gasteiger partial charge is 0.243 e. The largest absolute Gasteiger partial charge is 0.494 e. The molecule has 2 atom stereocenters. The van der Waals surface area contributed by atoms with Gasteiger partial charge in [-0.15, -0.1) is 0 Å². The van der Waals surface area contributed by atoms with Gasteiger partial charge in [0.05, 0.1) is 11.5 Å². The van der Waals surface area contributed by atoms with Gasteiger partial charge in [0, 0.05) is 13.1 Å². The Bertz CT molecular complexity index is 529. The van der Waals surface area contributed by atoms with Crippen molar-refractivity contribution >= 4 is 10.0 Å². The molecule has 0 amide bonds. The standard InChI is InChI=1S/C15H23NO3S/c1-4-19-14-5-7-15(8-6-14)20(17,18)16-10-12(2)9-13(3)11-16/h5-8,12-13H,4,9-11H2,1-3H3/t12-,13-/m0/s1. The first-order valence-electron chi connectivity index (χ1n) is 7.16. The molecule has 0 aliphatic carbocycles. The monoisotopic (exact) mass is 297 g/mol. The Morgan fingerprint density at radius 2 is 1.70 bits per heavy atom. The molecule has 2 rings (SSSR count).